The molecule has 0 saturated carbocycles. The molecule has 0 spiro atoms. The molecule has 21 heavy (non-hydrogen) atoms. The number of nitrogens with zero attached hydrogens (tertiary/aromatic N) is 1. The maximum Gasteiger partial charge on any atom is 0.331 e. The minimum atomic E-state index is -1.21. The number of carboxylic acid groups (broad SMARTS) is 1. The first kappa shape index (κ1) is 16.7. The van der Waals surface area contributed by atoms with Gasteiger partial charge in [-0.2, -0.15) is 0 Å². The van der Waals surface area contributed by atoms with E-state index in [4.69, 9.17) is 5.11 Å². The molecule has 0 bridgehead atoms. The Morgan fingerprint density at radius 3 is 2.38 bits per heavy atom. The number of nitrogens with one attached hydrogen (secondary N) is 2. The molecule has 0 aromatic carbocycles. The van der Waals surface area contributed by atoms with E-state index in [9.17, 15) is 19.2 Å². The van der Waals surface area contributed by atoms with Crippen LogP contribution < -0.4 is 10.6 Å². The van der Waals surface area contributed by atoms with Crippen molar-refractivity contribution in [2.75, 3.05) is 13.6 Å². The zero-order valence-electron chi connectivity index (χ0n) is 12.2. The van der Waals surface area contributed by atoms with E-state index in [2.05, 4.69) is 10.6 Å². The summed E-state index contributed by atoms with van der Waals surface area (Å²) in [7, 11) is 1.64. The molecule has 1 aliphatic rings. The highest BCUT2D eigenvalue weighted by Gasteiger charge is 2.24. The van der Waals surface area contributed by atoms with E-state index < -0.39 is 17.9 Å². The highest BCUT2D eigenvalue weighted by molar-refractivity contribution is 6.07. The monoisotopic (exact) mass is 297 g/mol. The summed E-state index contributed by atoms with van der Waals surface area (Å²) in [6, 6.07) is -0.935. The van der Waals surface area contributed by atoms with Gasteiger partial charge in [0.05, 0.1) is 0 Å². The number of hydrogen-bond acceptors (Lipinski definition) is 4. The number of amides is 4. The highest BCUT2D eigenvalue weighted by atomic mass is 16.4. The van der Waals surface area contributed by atoms with E-state index >= 15 is 0 Å². The van der Waals surface area contributed by atoms with Crippen LogP contribution in [0, 0.1) is 0 Å². The number of aliphatic carboxylic acids is 1. The molecule has 1 heterocycles. The fourth-order valence-corrected chi connectivity index (χ4v) is 1.88. The maximum atomic E-state index is 11.7. The molecule has 1 atom stereocenters. The third kappa shape index (κ3) is 4.59. The van der Waals surface area contributed by atoms with Crippen LogP contribution >= 0.6 is 0 Å². The van der Waals surface area contributed by atoms with Gasteiger partial charge in [0.1, 0.15) is 0 Å². The quantitative estimate of drug-likeness (QED) is 0.627. The molecule has 8 nitrogen and oxygen atoms in total. The van der Waals surface area contributed by atoms with E-state index in [0.717, 1.165) is 0 Å². The van der Waals surface area contributed by atoms with Crippen molar-refractivity contribution in [3.05, 3.63) is 11.1 Å². The molecule has 0 aromatic rings. The summed E-state index contributed by atoms with van der Waals surface area (Å²) in [6.45, 7) is 3.00. The molecule has 1 fully saturated rings. The van der Waals surface area contributed by atoms with Crippen LogP contribution in [0.15, 0.2) is 11.1 Å². The Morgan fingerprint density at radius 2 is 1.86 bits per heavy atom. The molecule has 3 N–H and O–H groups in total. The Morgan fingerprint density at radius 1 is 1.24 bits per heavy atom. The van der Waals surface area contributed by atoms with Gasteiger partial charge in [0.15, 0.2) is 0 Å². The zero-order valence-corrected chi connectivity index (χ0v) is 12.2. The molecular formula is C13H19N3O5. The smallest absolute Gasteiger partial charge is 0.331 e. The van der Waals surface area contributed by atoms with Crippen LogP contribution in [0.5, 0.6) is 0 Å². The first-order valence-corrected chi connectivity index (χ1v) is 6.49. The van der Waals surface area contributed by atoms with Crippen LogP contribution in [0.1, 0.15) is 26.7 Å². The number of carbonyl (C=O) groups is 4. The summed E-state index contributed by atoms with van der Waals surface area (Å²) in [5, 5.41) is 13.4. The van der Waals surface area contributed by atoms with Crippen molar-refractivity contribution in [2.24, 2.45) is 0 Å². The lowest BCUT2D eigenvalue weighted by molar-refractivity contribution is -0.133. The lowest BCUT2D eigenvalue weighted by atomic mass is 10.1. The molecule has 1 saturated heterocycles. The van der Waals surface area contributed by atoms with Crippen LogP contribution in [0.4, 0.5) is 4.79 Å². The van der Waals surface area contributed by atoms with Crippen molar-refractivity contribution >= 4 is 23.8 Å². The number of carbonyl (C=O) groups excluding carboxylic acids is 3. The van der Waals surface area contributed by atoms with Crippen molar-refractivity contribution in [1.82, 2.24) is 15.5 Å². The van der Waals surface area contributed by atoms with E-state index in [1.807, 2.05) is 0 Å². The first-order valence-electron chi connectivity index (χ1n) is 6.49. The largest absolute Gasteiger partial charge is 0.478 e. The summed E-state index contributed by atoms with van der Waals surface area (Å²) in [6.07, 6.45) is 0.847. The van der Waals surface area contributed by atoms with Crippen molar-refractivity contribution < 1.29 is 24.3 Å². The van der Waals surface area contributed by atoms with Crippen LogP contribution in [0.2, 0.25) is 0 Å². The van der Waals surface area contributed by atoms with Crippen molar-refractivity contribution in [3.8, 4) is 0 Å². The normalized spacial score (nSPS) is 19.7. The minimum Gasteiger partial charge on any atom is -0.478 e. The van der Waals surface area contributed by atoms with Gasteiger partial charge in [-0.25, -0.2) is 9.59 Å². The number of hydrogen-bond donors (Lipinski definition) is 3. The Hall–Kier alpha value is -2.38. The second-order valence-corrected chi connectivity index (χ2v) is 4.99. The Kier molecular flexibility index (Phi) is 5.45. The van der Waals surface area contributed by atoms with Gasteiger partial charge in [0.25, 0.3) is 5.91 Å². The predicted octanol–water partition coefficient (Wildman–Crippen LogP) is -0.146. The van der Waals surface area contributed by atoms with Gasteiger partial charge in [0, 0.05) is 37.2 Å². The van der Waals surface area contributed by atoms with Gasteiger partial charge in [-0.05, 0) is 20.3 Å². The second-order valence-electron chi connectivity index (χ2n) is 4.99. The van der Waals surface area contributed by atoms with E-state index in [1.165, 1.54) is 18.7 Å². The fraction of sp³-hybridized carbons (Fsp3) is 0.538. The zero-order chi connectivity index (χ0) is 16.2. The number of carboxylic acids is 1. The SMILES string of the molecule is CC(C(=O)O)=C(C)C(=O)NC(=O)NC1CCC(=O)N(C)C1. The summed E-state index contributed by atoms with van der Waals surface area (Å²) < 4.78 is 0. The van der Waals surface area contributed by atoms with Gasteiger partial charge < -0.3 is 15.3 Å². The molecule has 4 amide bonds. The summed E-state index contributed by atoms with van der Waals surface area (Å²) >= 11 is 0. The van der Waals surface area contributed by atoms with Crippen molar-refractivity contribution in [3.63, 3.8) is 0 Å². The van der Waals surface area contributed by atoms with E-state index in [-0.39, 0.29) is 23.1 Å². The van der Waals surface area contributed by atoms with Gasteiger partial charge in [-0.3, -0.25) is 14.9 Å². The van der Waals surface area contributed by atoms with Crippen LogP contribution in [-0.2, 0) is 14.4 Å². The maximum absolute atomic E-state index is 11.7. The van der Waals surface area contributed by atoms with Crippen LogP contribution in [0.3, 0.4) is 0 Å². The fourth-order valence-electron chi connectivity index (χ4n) is 1.88. The Labute approximate surface area is 122 Å². The van der Waals surface area contributed by atoms with Crippen molar-refractivity contribution in [1.29, 1.82) is 0 Å². The number of urea groups is 1. The molecule has 1 rings (SSSR count). The van der Waals surface area contributed by atoms with Gasteiger partial charge in [-0.15, -0.1) is 0 Å². The molecular weight excluding hydrogens is 278 g/mol. The predicted molar refractivity (Wildman–Crippen MR) is 73.3 cm³/mol. The van der Waals surface area contributed by atoms with Crippen LogP contribution in [-0.4, -0.2) is 53.5 Å². The molecule has 0 radical (unpaired) electrons. The molecule has 0 aromatic heterocycles. The number of likely N-dealkylation sites (N-methyl/N-ethyl adjacent to an activating group) is 1. The Bertz CT molecular complexity index is 512. The number of likely N-dealkylation sites (tertiary alicyclic amines) is 1. The van der Waals surface area contributed by atoms with E-state index in [1.54, 1.807) is 7.05 Å². The average Bonchev–Trinajstić information content (AvgIpc) is 2.40. The second kappa shape index (κ2) is 6.87. The average molecular weight is 297 g/mol. The van der Waals surface area contributed by atoms with Crippen molar-refractivity contribution in [2.45, 2.75) is 32.7 Å². The third-order valence-electron chi connectivity index (χ3n) is 3.41. The molecule has 1 unspecified atom stereocenters. The molecule has 8 heteroatoms. The van der Waals surface area contributed by atoms with Crippen LogP contribution in [0.25, 0.3) is 0 Å². The lowest BCUT2D eigenvalue weighted by Gasteiger charge is -2.30. The summed E-state index contributed by atoms with van der Waals surface area (Å²) in [5.41, 5.74) is -0.156. The Balaban J connectivity index is 2.55. The molecule has 1 aliphatic heterocycles. The van der Waals surface area contributed by atoms with Gasteiger partial charge in [-0.1, -0.05) is 0 Å². The topological polar surface area (TPSA) is 116 Å². The first-order chi connectivity index (χ1) is 9.72. The van der Waals surface area contributed by atoms with Gasteiger partial charge >= 0.3 is 12.0 Å². The molecule has 116 valence electrons. The van der Waals surface area contributed by atoms with E-state index in [0.29, 0.717) is 19.4 Å². The number of piperidine rings is 1. The number of imide groups is 1. The lowest BCUT2D eigenvalue weighted by Crippen LogP contribution is -2.52. The molecule has 0 aliphatic carbocycles. The standard InChI is InChI=1S/C13H19N3O5/c1-7(8(2)12(19)20)11(18)15-13(21)14-9-4-5-10(17)16(3)6-9/h9H,4-6H2,1-3H3,(H,19,20)(H2,14,15,18,21). The summed E-state index contributed by atoms with van der Waals surface area (Å²) in [4.78, 5) is 47.0. The summed E-state index contributed by atoms with van der Waals surface area (Å²) in [5.74, 6) is -1.96. The highest BCUT2D eigenvalue weighted by Crippen LogP contribution is 2.09. The minimum absolute atomic E-state index is 0.0143. The number of rotatable bonds is 3. The van der Waals surface area contributed by atoms with Gasteiger partial charge in [0.2, 0.25) is 5.91 Å². The third-order valence-corrected chi connectivity index (χ3v) is 3.41.